The second kappa shape index (κ2) is 7.75. The van der Waals surface area contributed by atoms with Crippen LogP contribution in [0.15, 0.2) is 12.2 Å². The summed E-state index contributed by atoms with van der Waals surface area (Å²) in [5.74, 6) is 5.51. The summed E-state index contributed by atoms with van der Waals surface area (Å²) in [6.07, 6.45) is 16.1. The molecule has 1 heteroatoms. The molecule has 0 aliphatic heterocycles. The molecule has 0 unspecified atom stereocenters. The number of hydrogen-bond donors (Lipinski definition) is 1. The van der Waals surface area contributed by atoms with Crippen molar-refractivity contribution in [3.05, 3.63) is 12.2 Å². The molecule has 0 amide bonds. The summed E-state index contributed by atoms with van der Waals surface area (Å²) in [7, 11) is 0. The minimum absolute atomic E-state index is 0.0144. The van der Waals surface area contributed by atoms with Crippen molar-refractivity contribution < 1.29 is 5.11 Å². The Hall–Kier alpha value is -0.300. The maximum absolute atomic E-state index is 10.2. The van der Waals surface area contributed by atoms with E-state index in [1.807, 2.05) is 0 Å². The lowest BCUT2D eigenvalue weighted by atomic mass is 9.44. The Balaban J connectivity index is 1.47. The predicted octanol–water partition coefficient (Wildman–Crippen LogP) is 7.39. The van der Waals surface area contributed by atoms with Gasteiger partial charge in [0.25, 0.3) is 0 Å². The lowest BCUT2D eigenvalue weighted by Gasteiger charge is -2.61. The maximum Gasteiger partial charge on any atom is 0.0543 e. The van der Waals surface area contributed by atoms with Crippen molar-refractivity contribution >= 4 is 0 Å². The van der Waals surface area contributed by atoms with Crippen LogP contribution in [-0.4, -0.2) is 11.2 Å². The molecule has 1 nitrogen and oxygen atoms in total. The third-order valence-electron chi connectivity index (χ3n) is 10.7. The molecule has 9 atom stereocenters. The van der Waals surface area contributed by atoms with Crippen LogP contribution in [0.2, 0.25) is 0 Å². The second-order valence-corrected chi connectivity index (χ2v) is 12.1. The van der Waals surface area contributed by atoms with E-state index in [2.05, 4.69) is 34.3 Å². The largest absolute Gasteiger partial charge is 0.393 e. The maximum atomic E-state index is 10.2. The Morgan fingerprint density at radius 2 is 1.71 bits per heavy atom. The van der Waals surface area contributed by atoms with Crippen molar-refractivity contribution in [2.45, 2.75) is 111 Å². The van der Waals surface area contributed by atoms with Gasteiger partial charge in [-0.25, -0.2) is 0 Å². The van der Waals surface area contributed by atoms with Gasteiger partial charge in [0.1, 0.15) is 0 Å². The molecule has 0 heterocycles. The molecule has 0 saturated heterocycles. The fourth-order valence-electron chi connectivity index (χ4n) is 9.14. The molecule has 0 bridgehead atoms. The van der Waals surface area contributed by atoms with Crippen molar-refractivity contribution in [3.63, 3.8) is 0 Å². The van der Waals surface area contributed by atoms with Crippen molar-refractivity contribution in [1.82, 2.24) is 0 Å². The monoisotopic (exact) mass is 386 g/mol. The summed E-state index contributed by atoms with van der Waals surface area (Å²) >= 11 is 0. The Morgan fingerprint density at radius 3 is 2.46 bits per heavy atom. The highest BCUT2D eigenvalue weighted by atomic mass is 16.3. The summed E-state index contributed by atoms with van der Waals surface area (Å²) in [5, 5.41) is 10.2. The lowest BCUT2D eigenvalue weighted by molar-refractivity contribution is -0.129. The Labute approximate surface area is 174 Å². The molecule has 1 N–H and O–H groups in total. The molecule has 4 fully saturated rings. The SMILES string of the molecule is C=C(C)CCC[C@@H](C)[C@H]1CC[C@H]2[C@@H]3CC[C@H]4C[C@@H](O)CC[C@]4(C)[C@H]3CC[C@]12C. The molecular weight excluding hydrogens is 340 g/mol. The fourth-order valence-corrected chi connectivity index (χ4v) is 9.14. The van der Waals surface area contributed by atoms with E-state index in [-0.39, 0.29) is 6.10 Å². The Kier molecular flexibility index (Phi) is 5.80. The van der Waals surface area contributed by atoms with Crippen molar-refractivity contribution in [3.8, 4) is 0 Å². The van der Waals surface area contributed by atoms with E-state index in [0.717, 1.165) is 48.3 Å². The molecule has 4 aliphatic carbocycles. The van der Waals surface area contributed by atoms with Crippen molar-refractivity contribution in [1.29, 1.82) is 0 Å². The van der Waals surface area contributed by atoms with Crippen LogP contribution >= 0.6 is 0 Å². The number of rotatable bonds is 5. The van der Waals surface area contributed by atoms with Crippen molar-refractivity contribution in [2.75, 3.05) is 0 Å². The number of aliphatic hydroxyl groups excluding tert-OH is 1. The van der Waals surface area contributed by atoms with Gasteiger partial charge in [-0.3, -0.25) is 0 Å². The highest BCUT2D eigenvalue weighted by Crippen LogP contribution is 2.68. The van der Waals surface area contributed by atoms with Gasteiger partial charge in [-0.1, -0.05) is 32.8 Å². The van der Waals surface area contributed by atoms with Gasteiger partial charge in [0.05, 0.1) is 6.10 Å². The zero-order valence-electron chi connectivity index (χ0n) is 19.2. The molecule has 0 aromatic carbocycles. The molecular formula is C27H46O. The van der Waals surface area contributed by atoms with Gasteiger partial charge in [0, 0.05) is 0 Å². The van der Waals surface area contributed by atoms with Crippen LogP contribution < -0.4 is 0 Å². The molecule has 4 aliphatic rings. The number of allylic oxidation sites excluding steroid dienone is 1. The van der Waals surface area contributed by atoms with E-state index in [1.54, 1.807) is 0 Å². The van der Waals surface area contributed by atoms with Gasteiger partial charge >= 0.3 is 0 Å². The predicted molar refractivity (Wildman–Crippen MR) is 119 cm³/mol. The number of fused-ring (bicyclic) bond motifs is 5. The van der Waals surface area contributed by atoms with Crippen LogP contribution in [-0.2, 0) is 0 Å². The summed E-state index contributed by atoms with van der Waals surface area (Å²) in [6, 6.07) is 0. The molecule has 4 rings (SSSR count). The molecule has 0 spiro atoms. The number of aliphatic hydroxyl groups is 1. The third kappa shape index (κ3) is 3.42. The first kappa shape index (κ1) is 21.0. The fraction of sp³-hybridized carbons (Fsp3) is 0.926. The van der Waals surface area contributed by atoms with Gasteiger partial charge < -0.3 is 5.11 Å². The summed E-state index contributed by atoms with van der Waals surface area (Å²) in [6.45, 7) is 14.2. The minimum atomic E-state index is -0.0144. The lowest BCUT2D eigenvalue weighted by Crippen LogP contribution is -2.54. The second-order valence-electron chi connectivity index (χ2n) is 12.1. The van der Waals surface area contributed by atoms with E-state index in [0.29, 0.717) is 10.8 Å². The van der Waals surface area contributed by atoms with E-state index < -0.39 is 0 Å². The van der Waals surface area contributed by atoms with E-state index in [1.165, 1.54) is 69.8 Å². The first-order valence-electron chi connectivity index (χ1n) is 12.6. The average Bonchev–Trinajstić information content (AvgIpc) is 2.99. The Morgan fingerprint density at radius 1 is 1.00 bits per heavy atom. The highest BCUT2D eigenvalue weighted by molar-refractivity contribution is 5.09. The molecule has 4 saturated carbocycles. The quantitative estimate of drug-likeness (QED) is 0.488. The van der Waals surface area contributed by atoms with Crippen LogP contribution in [0.25, 0.3) is 0 Å². The normalized spacial score (nSPS) is 49.0. The standard InChI is InChI=1S/C27H46O/c1-18(2)7-6-8-19(3)23-11-12-24-22-10-9-20-17-21(28)13-15-26(20,4)25(22)14-16-27(23,24)5/h19-25,28H,1,6-17H2,2-5H3/t19-,20+,21+,22+,23-,24+,25+,26+,27-/m1/s1. The van der Waals surface area contributed by atoms with Crippen LogP contribution in [0.3, 0.4) is 0 Å². The third-order valence-corrected chi connectivity index (χ3v) is 10.7. The topological polar surface area (TPSA) is 20.2 Å². The minimum Gasteiger partial charge on any atom is -0.393 e. The van der Waals surface area contributed by atoms with Gasteiger partial charge in [-0.15, -0.1) is 6.58 Å². The highest BCUT2D eigenvalue weighted by Gasteiger charge is 2.60. The van der Waals surface area contributed by atoms with Crippen LogP contribution in [0.4, 0.5) is 0 Å². The summed E-state index contributed by atoms with van der Waals surface area (Å²) < 4.78 is 0. The molecule has 0 aromatic heterocycles. The molecule has 0 aromatic rings. The average molecular weight is 387 g/mol. The van der Waals surface area contributed by atoms with Crippen LogP contribution in [0.5, 0.6) is 0 Å². The number of hydrogen-bond acceptors (Lipinski definition) is 1. The zero-order chi connectivity index (χ0) is 20.1. The van der Waals surface area contributed by atoms with Gasteiger partial charge in [-0.05, 0) is 124 Å². The smallest absolute Gasteiger partial charge is 0.0543 e. The van der Waals surface area contributed by atoms with Gasteiger partial charge in [0.15, 0.2) is 0 Å². The van der Waals surface area contributed by atoms with E-state index >= 15 is 0 Å². The first-order chi connectivity index (χ1) is 13.3. The zero-order valence-corrected chi connectivity index (χ0v) is 19.2. The van der Waals surface area contributed by atoms with E-state index in [4.69, 9.17) is 0 Å². The van der Waals surface area contributed by atoms with Gasteiger partial charge in [0.2, 0.25) is 0 Å². The van der Waals surface area contributed by atoms with Crippen LogP contribution in [0, 0.1) is 46.3 Å². The Bertz CT molecular complexity index is 581. The van der Waals surface area contributed by atoms with Crippen LogP contribution in [0.1, 0.15) is 105 Å². The van der Waals surface area contributed by atoms with E-state index in [9.17, 15) is 5.11 Å². The molecule has 160 valence electrons. The first-order valence-corrected chi connectivity index (χ1v) is 12.6. The van der Waals surface area contributed by atoms with Crippen molar-refractivity contribution in [2.24, 2.45) is 46.3 Å². The van der Waals surface area contributed by atoms with Gasteiger partial charge in [-0.2, -0.15) is 0 Å². The summed E-state index contributed by atoms with van der Waals surface area (Å²) in [4.78, 5) is 0. The molecule has 0 radical (unpaired) electrons. The summed E-state index contributed by atoms with van der Waals surface area (Å²) in [5.41, 5.74) is 2.47. The molecule has 28 heavy (non-hydrogen) atoms.